The minimum atomic E-state index is -1.11. The summed E-state index contributed by atoms with van der Waals surface area (Å²) in [7, 11) is 1.49. The van der Waals surface area contributed by atoms with Crippen LogP contribution in [0, 0.1) is 11.3 Å². The molecular formula is C22H22N2O5. The van der Waals surface area contributed by atoms with Crippen LogP contribution in [0.15, 0.2) is 54.1 Å². The number of rotatable bonds is 8. The van der Waals surface area contributed by atoms with Crippen LogP contribution in [0.5, 0.6) is 11.5 Å². The molecule has 0 saturated carbocycles. The molecule has 150 valence electrons. The molecule has 0 unspecified atom stereocenters. The number of hydrogen-bond donors (Lipinski definition) is 1. The summed E-state index contributed by atoms with van der Waals surface area (Å²) in [6.45, 7) is 3.84. The molecule has 0 bridgehead atoms. The molecule has 0 aromatic heterocycles. The van der Waals surface area contributed by atoms with E-state index in [9.17, 15) is 14.9 Å². The lowest BCUT2D eigenvalue weighted by atomic mass is 10.1. The predicted molar refractivity (Wildman–Crippen MR) is 108 cm³/mol. The van der Waals surface area contributed by atoms with Crippen molar-refractivity contribution in [2.45, 2.75) is 20.0 Å². The molecule has 0 aliphatic carbocycles. The highest BCUT2D eigenvalue weighted by Crippen LogP contribution is 2.23. The van der Waals surface area contributed by atoms with Gasteiger partial charge in [-0.2, -0.15) is 5.26 Å². The van der Waals surface area contributed by atoms with Crippen molar-refractivity contribution in [1.29, 1.82) is 5.26 Å². The molecule has 2 aromatic rings. The van der Waals surface area contributed by atoms with Crippen LogP contribution in [0.1, 0.15) is 19.4 Å². The minimum absolute atomic E-state index is 0.217. The van der Waals surface area contributed by atoms with E-state index >= 15 is 0 Å². The molecule has 2 rings (SSSR count). The molecule has 0 saturated heterocycles. The van der Waals surface area contributed by atoms with Gasteiger partial charge in [0.2, 0.25) is 0 Å². The highest BCUT2D eigenvalue weighted by Gasteiger charge is 2.21. The van der Waals surface area contributed by atoms with Crippen LogP contribution in [0.2, 0.25) is 0 Å². The molecule has 1 amide bonds. The number of esters is 1. The molecule has 29 heavy (non-hydrogen) atoms. The number of ether oxygens (including phenoxy) is 3. The van der Waals surface area contributed by atoms with Gasteiger partial charge >= 0.3 is 5.97 Å². The zero-order valence-electron chi connectivity index (χ0n) is 16.5. The first-order valence-electron chi connectivity index (χ1n) is 8.98. The Morgan fingerprint density at radius 1 is 1.17 bits per heavy atom. The number of para-hydroxylation sites is 2. The van der Waals surface area contributed by atoms with Gasteiger partial charge in [-0.25, -0.2) is 4.79 Å². The zero-order valence-corrected chi connectivity index (χ0v) is 16.5. The second-order valence-electron chi connectivity index (χ2n) is 5.91. The van der Waals surface area contributed by atoms with Gasteiger partial charge in [-0.05, 0) is 49.8 Å². The Labute approximate surface area is 169 Å². The van der Waals surface area contributed by atoms with E-state index in [-0.39, 0.29) is 5.57 Å². The predicted octanol–water partition coefficient (Wildman–Crippen LogP) is 3.57. The van der Waals surface area contributed by atoms with Gasteiger partial charge in [0.1, 0.15) is 23.1 Å². The topological polar surface area (TPSA) is 97.6 Å². The molecule has 7 nitrogen and oxygen atoms in total. The van der Waals surface area contributed by atoms with E-state index in [1.165, 1.54) is 20.1 Å². The maximum Gasteiger partial charge on any atom is 0.349 e. The summed E-state index contributed by atoms with van der Waals surface area (Å²) in [6, 6.07) is 15.6. The van der Waals surface area contributed by atoms with Gasteiger partial charge in [0, 0.05) is 0 Å². The number of nitrogens with one attached hydrogen (secondary N) is 1. The summed E-state index contributed by atoms with van der Waals surface area (Å²) in [5.41, 5.74) is 0.868. The van der Waals surface area contributed by atoms with Crippen molar-refractivity contribution in [1.82, 2.24) is 0 Å². The largest absolute Gasteiger partial charge is 0.495 e. The smallest absolute Gasteiger partial charge is 0.349 e. The zero-order chi connectivity index (χ0) is 21.2. The second kappa shape index (κ2) is 10.5. The lowest BCUT2D eigenvalue weighted by Crippen LogP contribution is -2.30. The Kier molecular flexibility index (Phi) is 7.80. The third-order valence-corrected chi connectivity index (χ3v) is 3.86. The number of amides is 1. The number of nitrogens with zero attached hydrogens (tertiary/aromatic N) is 1. The Balaban J connectivity index is 2.04. The molecule has 0 radical (unpaired) electrons. The van der Waals surface area contributed by atoms with Gasteiger partial charge in [-0.1, -0.05) is 24.3 Å². The summed E-state index contributed by atoms with van der Waals surface area (Å²) in [5, 5.41) is 11.9. The molecular weight excluding hydrogens is 372 g/mol. The summed E-state index contributed by atoms with van der Waals surface area (Å²) < 4.78 is 15.7. The van der Waals surface area contributed by atoms with E-state index in [1.54, 1.807) is 54.6 Å². The number of methoxy groups -OCH3 is 1. The van der Waals surface area contributed by atoms with Gasteiger partial charge < -0.3 is 19.5 Å². The monoisotopic (exact) mass is 394 g/mol. The lowest BCUT2D eigenvalue weighted by Gasteiger charge is -2.15. The SMILES string of the molecule is CCOc1ccc(/C=C(\C#N)C(=O)O[C@H](C)C(=O)Nc2ccccc2OC)cc1. The molecule has 1 N–H and O–H groups in total. The first kappa shape index (κ1) is 21.5. The lowest BCUT2D eigenvalue weighted by molar-refractivity contribution is -0.148. The molecule has 0 aliphatic heterocycles. The van der Waals surface area contributed by atoms with Crippen LogP contribution in [-0.2, 0) is 14.3 Å². The molecule has 0 heterocycles. The maximum atomic E-state index is 12.3. The first-order chi connectivity index (χ1) is 14.0. The molecule has 7 heteroatoms. The highest BCUT2D eigenvalue weighted by atomic mass is 16.5. The Hall–Kier alpha value is -3.79. The number of benzene rings is 2. The number of anilines is 1. The Morgan fingerprint density at radius 2 is 1.86 bits per heavy atom. The van der Waals surface area contributed by atoms with Crippen molar-refractivity contribution in [2.24, 2.45) is 0 Å². The molecule has 0 spiro atoms. The van der Waals surface area contributed by atoms with Crippen molar-refractivity contribution in [3.8, 4) is 17.6 Å². The summed E-state index contributed by atoms with van der Waals surface area (Å²) >= 11 is 0. The number of hydrogen-bond acceptors (Lipinski definition) is 6. The second-order valence-corrected chi connectivity index (χ2v) is 5.91. The van der Waals surface area contributed by atoms with Crippen LogP contribution in [0.25, 0.3) is 6.08 Å². The maximum absolute atomic E-state index is 12.3. The normalized spacial score (nSPS) is 11.7. The highest BCUT2D eigenvalue weighted by molar-refractivity contribution is 6.01. The number of carbonyl (C=O) groups excluding carboxylic acids is 2. The Bertz CT molecular complexity index is 929. The van der Waals surface area contributed by atoms with E-state index in [2.05, 4.69) is 5.32 Å². The van der Waals surface area contributed by atoms with Crippen molar-refractivity contribution in [3.05, 3.63) is 59.7 Å². The van der Waals surface area contributed by atoms with E-state index in [0.717, 1.165) is 0 Å². The van der Waals surface area contributed by atoms with E-state index in [1.807, 2.05) is 6.92 Å². The minimum Gasteiger partial charge on any atom is -0.495 e. The van der Waals surface area contributed by atoms with E-state index < -0.39 is 18.0 Å². The summed E-state index contributed by atoms with van der Waals surface area (Å²) in [5.74, 6) is -0.259. The third kappa shape index (κ3) is 6.11. The average Bonchev–Trinajstić information content (AvgIpc) is 2.73. The average molecular weight is 394 g/mol. The van der Waals surface area contributed by atoms with Gasteiger partial charge in [0.25, 0.3) is 5.91 Å². The van der Waals surface area contributed by atoms with Crippen LogP contribution < -0.4 is 14.8 Å². The number of carbonyl (C=O) groups is 2. The van der Waals surface area contributed by atoms with Crippen molar-refractivity contribution in [2.75, 3.05) is 19.0 Å². The van der Waals surface area contributed by atoms with Crippen molar-refractivity contribution < 1.29 is 23.8 Å². The fourth-order valence-corrected chi connectivity index (χ4v) is 2.39. The number of nitriles is 1. The van der Waals surface area contributed by atoms with Gasteiger partial charge in [-0.3, -0.25) is 4.79 Å². The van der Waals surface area contributed by atoms with Crippen LogP contribution >= 0.6 is 0 Å². The first-order valence-corrected chi connectivity index (χ1v) is 8.98. The van der Waals surface area contributed by atoms with E-state index in [0.29, 0.717) is 29.4 Å². The fraction of sp³-hybridized carbons (Fsp3) is 0.227. The van der Waals surface area contributed by atoms with Crippen LogP contribution in [0.4, 0.5) is 5.69 Å². The van der Waals surface area contributed by atoms with Gasteiger partial charge in [0.15, 0.2) is 6.10 Å². The quantitative estimate of drug-likeness (QED) is 0.418. The van der Waals surface area contributed by atoms with Crippen molar-refractivity contribution in [3.63, 3.8) is 0 Å². The fourth-order valence-electron chi connectivity index (χ4n) is 2.39. The molecule has 0 aliphatic rings. The van der Waals surface area contributed by atoms with Crippen LogP contribution in [-0.4, -0.2) is 31.7 Å². The van der Waals surface area contributed by atoms with Gasteiger partial charge in [-0.15, -0.1) is 0 Å². The summed E-state index contributed by atoms with van der Waals surface area (Å²) in [4.78, 5) is 24.6. The van der Waals surface area contributed by atoms with Gasteiger partial charge in [0.05, 0.1) is 19.4 Å². The Morgan fingerprint density at radius 3 is 2.48 bits per heavy atom. The molecule has 1 atom stereocenters. The standard InChI is InChI=1S/C22H22N2O5/c1-4-28-18-11-9-16(10-12-18)13-17(14-23)22(26)29-15(2)21(25)24-19-7-5-6-8-20(19)27-3/h5-13,15H,4H2,1-3H3,(H,24,25)/b17-13+/t15-/m1/s1. The summed E-state index contributed by atoms with van der Waals surface area (Å²) in [6.07, 6.45) is 0.285. The van der Waals surface area contributed by atoms with E-state index in [4.69, 9.17) is 14.2 Å². The van der Waals surface area contributed by atoms with Crippen LogP contribution in [0.3, 0.4) is 0 Å². The molecule has 0 fully saturated rings. The molecule has 2 aromatic carbocycles. The van der Waals surface area contributed by atoms with Crippen molar-refractivity contribution >= 4 is 23.6 Å². The third-order valence-electron chi connectivity index (χ3n) is 3.86.